The molecule has 3 rings (SSSR count). The number of amides is 2. The lowest BCUT2D eigenvalue weighted by Crippen LogP contribution is -2.35. The summed E-state index contributed by atoms with van der Waals surface area (Å²) in [5, 5.41) is 3.39. The van der Waals surface area contributed by atoms with Crippen LogP contribution in [0.1, 0.15) is 0 Å². The number of nitrogens with one attached hydrogen (secondary N) is 2. The highest BCUT2D eigenvalue weighted by Gasteiger charge is 2.08. The van der Waals surface area contributed by atoms with Crippen molar-refractivity contribution in [3.8, 4) is 0 Å². The zero-order valence-corrected chi connectivity index (χ0v) is 12.0. The number of anilines is 1. The van der Waals surface area contributed by atoms with Crippen LogP contribution in [0, 0.1) is 0 Å². The Kier molecular flexibility index (Phi) is 3.76. The van der Waals surface area contributed by atoms with Crippen LogP contribution >= 0.6 is 11.6 Å². The highest BCUT2D eigenvalue weighted by atomic mass is 35.5. The van der Waals surface area contributed by atoms with Gasteiger partial charge in [0, 0.05) is 0 Å². The summed E-state index contributed by atoms with van der Waals surface area (Å²) in [6, 6.07) is 13.1. The number of rotatable bonds is 2. The molecule has 22 heavy (non-hydrogen) atoms. The van der Waals surface area contributed by atoms with E-state index >= 15 is 0 Å². The molecule has 0 aliphatic rings. The van der Waals surface area contributed by atoms with Crippen LogP contribution in [0.3, 0.4) is 0 Å². The van der Waals surface area contributed by atoms with Crippen molar-refractivity contribution in [2.45, 2.75) is 0 Å². The first kappa shape index (κ1) is 14.1. The van der Waals surface area contributed by atoms with E-state index in [1.807, 2.05) is 0 Å². The summed E-state index contributed by atoms with van der Waals surface area (Å²) >= 11 is 5.96. The maximum atomic E-state index is 12.2. The van der Waals surface area contributed by atoms with Gasteiger partial charge in [-0.3, -0.25) is 4.79 Å². The number of benzene rings is 2. The summed E-state index contributed by atoms with van der Waals surface area (Å²) in [5.74, 6) is 0. The fourth-order valence-corrected chi connectivity index (χ4v) is 2.15. The van der Waals surface area contributed by atoms with E-state index in [-0.39, 0.29) is 5.56 Å². The molecule has 2 aromatic carbocycles. The van der Waals surface area contributed by atoms with Crippen LogP contribution in [0.15, 0.2) is 59.7 Å². The van der Waals surface area contributed by atoms with Gasteiger partial charge in [-0.15, -0.1) is 0 Å². The largest absolute Gasteiger partial charge is 0.338 e. The molecule has 0 unspecified atom stereocenters. The van der Waals surface area contributed by atoms with Gasteiger partial charge in [0.25, 0.3) is 5.56 Å². The fourth-order valence-electron chi connectivity index (χ4n) is 1.97. The highest BCUT2D eigenvalue weighted by Crippen LogP contribution is 2.20. The average molecular weight is 315 g/mol. The normalized spacial score (nSPS) is 10.4. The van der Waals surface area contributed by atoms with Gasteiger partial charge in [-0.25, -0.2) is 19.9 Å². The molecule has 3 aromatic rings. The molecule has 0 saturated heterocycles. The number of urea groups is 1. The van der Waals surface area contributed by atoms with Crippen LogP contribution < -0.4 is 16.3 Å². The summed E-state index contributed by atoms with van der Waals surface area (Å²) in [4.78, 5) is 28.3. The average Bonchev–Trinajstić information content (AvgIpc) is 2.53. The third-order valence-corrected chi connectivity index (χ3v) is 3.34. The Morgan fingerprint density at radius 3 is 2.64 bits per heavy atom. The second kappa shape index (κ2) is 5.87. The van der Waals surface area contributed by atoms with E-state index in [0.717, 1.165) is 4.68 Å². The molecule has 0 atom stereocenters. The molecule has 2 amide bonds. The topological polar surface area (TPSA) is 76.0 Å². The van der Waals surface area contributed by atoms with E-state index < -0.39 is 6.03 Å². The minimum Gasteiger partial charge on any atom is -0.305 e. The molecule has 0 radical (unpaired) electrons. The lowest BCUT2D eigenvalue weighted by Gasteiger charge is -2.10. The Labute approximate surface area is 130 Å². The third-order valence-electron chi connectivity index (χ3n) is 3.01. The van der Waals surface area contributed by atoms with Crippen LogP contribution in [-0.2, 0) is 0 Å². The van der Waals surface area contributed by atoms with Crippen LogP contribution in [0.5, 0.6) is 0 Å². The number of carbonyl (C=O) groups is 1. The number of nitrogens with zero attached hydrogens (tertiary/aromatic N) is 2. The predicted octanol–water partition coefficient (Wildman–Crippen LogP) is 2.83. The van der Waals surface area contributed by atoms with Crippen molar-refractivity contribution in [1.29, 1.82) is 0 Å². The van der Waals surface area contributed by atoms with Gasteiger partial charge in [0.2, 0.25) is 0 Å². The molecule has 0 fully saturated rings. The smallest absolute Gasteiger partial charge is 0.305 e. The Bertz CT molecular complexity index is 907. The fraction of sp³-hybridized carbons (Fsp3) is 0. The van der Waals surface area contributed by atoms with Crippen molar-refractivity contribution in [3.63, 3.8) is 0 Å². The van der Waals surface area contributed by atoms with E-state index in [0.29, 0.717) is 21.6 Å². The van der Waals surface area contributed by atoms with E-state index in [4.69, 9.17) is 11.6 Å². The number of hydrogen-bond acceptors (Lipinski definition) is 3. The Morgan fingerprint density at radius 2 is 1.82 bits per heavy atom. The lowest BCUT2D eigenvalue weighted by atomic mass is 10.2. The van der Waals surface area contributed by atoms with Crippen LogP contribution in [0.2, 0.25) is 5.02 Å². The van der Waals surface area contributed by atoms with Crippen molar-refractivity contribution in [3.05, 3.63) is 70.2 Å². The number of aromatic nitrogens is 2. The van der Waals surface area contributed by atoms with Gasteiger partial charge < -0.3 is 5.32 Å². The van der Waals surface area contributed by atoms with Crippen LogP contribution in [0.4, 0.5) is 10.5 Å². The van der Waals surface area contributed by atoms with Gasteiger partial charge in [0.05, 0.1) is 21.6 Å². The highest BCUT2D eigenvalue weighted by molar-refractivity contribution is 6.33. The number of para-hydroxylation sites is 2. The molecule has 0 saturated carbocycles. The number of hydrogen-bond donors (Lipinski definition) is 2. The number of halogens is 1. The third kappa shape index (κ3) is 2.77. The Hall–Kier alpha value is -2.86. The molecule has 0 aliphatic heterocycles. The van der Waals surface area contributed by atoms with Gasteiger partial charge in [0.1, 0.15) is 6.33 Å². The van der Waals surface area contributed by atoms with Crippen LogP contribution in [0.25, 0.3) is 10.9 Å². The first-order valence-corrected chi connectivity index (χ1v) is 6.82. The van der Waals surface area contributed by atoms with Crippen molar-refractivity contribution >= 4 is 34.2 Å². The Balaban J connectivity index is 1.84. The summed E-state index contributed by atoms with van der Waals surface area (Å²) in [5.41, 5.74) is 3.06. The summed E-state index contributed by atoms with van der Waals surface area (Å²) < 4.78 is 1.02. The zero-order chi connectivity index (χ0) is 15.5. The summed E-state index contributed by atoms with van der Waals surface area (Å²) in [7, 11) is 0. The minimum absolute atomic E-state index is 0.361. The molecule has 110 valence electrons. The molecular formula is C15H11ClN4O2. The van der Waals surface area contributed by atoms with Gasteiger partial charge in [-0.05, 0) is 24.3 Å². The van der Waals surface area contributed by atoms with Gasteiger partial charge >= 0.3 is 6.03 Å². The van der Waals surface area contributed by atoms with E-state index in [2.05, 4.69) is 15.7 Å². The first-order chi connectivity index (χ1) is 10.6. The van der Waals surface area contributed by atoms with E-state index in [1.54, 1.807) is 48.5 Å². The summed E-state index contributed by atoms with van der Waals surface area (Å²) in [6.07, 6.45) is 1.26. The molecule has 2 N–H and O–H groups in total. The second-order valence-electron chi connectivity index (χ2n) is 4.48. The molecule has 1 heterocycles. The molecule has 0 aliphatic carbocycles. The maximum absolute atomic E-state index is 12.2. The van der Waals surface area contributed by atoms with Crippen LogP contribution in [-0.4, -0.2) is 15.7 Å². The first-order valence-electron chi connectivity index (χ1n) is 6.44. The van der Waals surface area contributed by atoms with Gasteiger partial charge in [-0.2, -0.15) is 0 Å². The quantitative estimate of drug-likeness (QED) is 0.763. The maximum Gasteiger partial charge on any atom is 0.338 e. The summed E-state index contributed by atoms with van der Waals surface area (Å²) in [6.45, 7) is 0. The van der Waals surface area contributed by atoms with Gasteiger partial charge in [-0.1, -0.05) is 35.9 Å². The standard InChI is InChI=1S/C15H11ClN4O2/c16-11-6-2-4-8-13(11)18-15(22)19-20-9-17-12-7-3-1-5-10(12)14(20)21/h1-9H,(H2,18,19,22). The van der Waals surface area contributed by atoms with E-state index in [9.17, 15) is 9.59 Å². The van der Waals surface area contributed by atoms with Crippen molar-refractivity contribution in [2.24, 2.45) is 0 Å². The molecule has 0 bridgehead atoms. The number of carbonyl (C=O) groups excluding carboxylic acids is 1. The Morgan fingerprint density at radius 1 is 1.09 bits per heavy atom. The zero-order valence-electron chi connectivity index (χ0n) is 11.3. The molecule has 1 aromatic heterocycles. The van der Waals surface area contributed by atoms with Crippen molar-refractivity contribution in [2.75, 3.05) is 10.7 Å². The monoisotopic (exact) mass is 314 g/mol. The lowest BCUT2D eigenvalue weighted by molar-refractivity contribution is 0.259. The van der Waals surface area contributed by atoms with E-state index in [1.165, 1.54) is 6.33 Å². The molecule has 7 heteroatoms. The predicted molar refractivity (Wildman–Crippen MR) is 85.8 cm³/mol. The minimum atomic E-state index is -0.590. The number of fused-ring (bicyclic) bond motifs is 1. The van der Waals surface area contributed by atoms with Crippen molar-refractivity contribution in [1.82, 2.24) is 9.66 Å². The second-order valence-corrected chi connectivity index (χ2v) is 4.89. The molecular weight excluding hydrogens is 304 g/mol. The molecule has 6 nitrogen and oxygen atoms in total. The van der Waals surface area contributed by atoms with Crippen molar-refractivity contribution < 1.29 is 4.79 Å². The molecule has 0 spiro atoms. The SMILES string of the molecule is O=C(Nc1ccccc1Cl)Nn1cnc2ccccc2c1=O. The van der Waals surface area contributed by atoms with Gasteiger partial charge in [0.15, 0.2) is 0 Å².